The van der Waals surface area contributed by atoms with Crippen LogP contribution in [0, 0.1) is 11.7 Å². The van der Waals surface area contributed by atoms with E-state index in [9.17, 15) is 18.8 Å². The number of nitrogens with one attached hydrogen (secondary N) is 2. The molecule has 1 aliphatic carbocycles. The van der Waals surface area contributed by atoms with E-state index < -0.39 is 17.5 Å². The molecule has 1 aromatic heterocycles. The molecule has 30 heavy (non-hydrogen) atoms. The molecule has 1 aliphatic rings. The molecule has 1 fully saturated rings. The quantitative estimate of drug-likeness (QED) is 0.666. The van der Waals surface area contributed by atoms with Crippen molar-refractivity contribution in [3.05, 3.63) is 58.8 Å². The van der Waals surface area contributed by atoms with E-state index in [2.05, 4.69) is 10.6 Å². The molecular formula is C22H22FN3O4. The van der Waals surface area contributed by atoms with Crippen LogP contribution in [-0.2, 0) is 16.1 Å². The number of hydrogen-bond acceptors (Lipinski definition) is 4. The Bertz CT molecular complexity index is 1140. The Morgan fingerprint density at radius 1 is 1.07 bits per heavy atom. The summed E-state index contributed by atoms with van der Waals surface area (Å²) in [5.41, 5.74) is 1.25. The van der Waals surface area contributed by atoms with Gasteiger partial charge in [0.05, 0.1) is 11.2 Å². The molecule has 0 saturated heterocycles. The number of nitrogens with zero attached hydrogens (tertiary/aromatic N) is 1. The van der Waals surface area contributed by atoms with E-state index in [0.29, 0.717) is 16.8 Å². The number of fused-ring (bicyclic) bond motifs is 1. The van der Waals surface area contributed by atoms with Gasteiger partial charge in [-0.25, -0.2) is 9.18 Å². The van der Waals surface area contributed by atoms with Crippen LogP contribution in [0.2, 0.25) is 0 Å². The monoisotopic (exact) mass is 411 g/mol. The van der Waals surface area contributed by atoms with Gasteiger partial charge < -0.3 is 15.1 Å². The van der Waals surface area contributed by atoms with Gasteiger partial charge in [0.15, 0.2) is 5.58 Å². The van der Waals surface area contributed by atoms with Crippen molar-refractivity contribution in [3.63, 3.8) is 0 Å². The van der Waals surface area contributed by atoms with Crippen LogP contribution in [0.25, 0.3) is 11.1 Å². The van der Waals surface area contributed by atoms with Gasteiger partial charge in [-0.15, -0.1) is 0 Å². The van der Waals surface area contributed by atoms with Crippen LogP contribution in [-0.4, -0.2) is 16.4 Å². The normalized spacial score (nSPS) is 14.6. The zero-order valence-electron chi connectivity index (χ0n) is 16.3. The van der Waals surface area contributed by atoms with Crippen molar-refractivity contribution in [1.82, 2.24) is 4.57 Å². The summed E-state index contributed by atoms with van der Waals surface area (Å²) in [6.07, 6.45) is 4.72. The number of benzene rings is 2. The van der Waals surface area contributed by atoms with E-state index in [-0.39, 0.29) is 24.1 Å². The number of halogens is 1. The van der Waals surface area contributed by atoms with Gasteiger partial charge in [-0.1, -0.05) is 31.4 Å². The largest absolute Gasteiger partial charge is 0.420 e. The molecule has 8 heteroatoms. The first-order valence-corrected chi connectivity index (χ1v) is 10.00. The third-order valence-corrected chi connectivity index (χ3v) is 5.36. The first-order chi connectivity index (χ1) is 14.5. The number of carbonyl (C=O) groups excluding carboxylic acids is 2. The van der Waals surface area contributed by atoms with Crippen LogP contribution in [0.1, 0.15) is 32.1 Å². The number of amides is 2. The maximum atomic E-state index is 14.2. The molecule has 2 aromatic carbocycles. The Morgan fingerprint density at radius 2 is 1.83 bits per heavy atom. The summed E-state index contributed by atoms with van der Waals surface area (Å²) >= 11 is 0. The van der Waals surface area contributed by atoms with Gasteiger partial charge in [-0.2, -0.15) is 0 Å². The molecule has 2 N–H and O–H groups in total. The molecule has 0 bridgehead atoms. The highest BCUT2D eigenvalue weighted by atomic mass is 19.1. The average molecular weight is 411 g/mol. The molecule has 0 unspecified atom stereocenters. The van der Waals surface area contributed by atoms with E-state index in [1.807, 2.05) is 0 Å². The van der Waals surface area contributed by atoms with E-state index in [1.165, 1.54) is 22.8 Å². The zero-order valence-corrected chi connectivity index (χ0v) is 16.3. The summed E-state index contributed by atoms with van der Waals surface area (Å²) in [7, 11) is 0. The van der Waals surface area contributed by atoms with Gasteiger partial charge in [-0.3, -0.25) is 14.2 Å². The number of aromatic nitrogens is 1. The van der Waals surface area contributed by atoms with Crippen molar-refractivity contribution >= 4 is 34.3 Å². The van der Waals surface area contributed by atoms with E-state index in [1.54, 1.807) is 24.3 Å². The van der Waals surface area contributed by atoms with Crippen molar-refractivity contribution in [2.24, 2.45) is 5.92 Å². The second-order valence-electron chi connectivity index (χ2n) is 7.49. The molecule has 3 aromatic rings. The Labute approximate surface area is 171 Å². The minimum atomic E-state index is -0.633. The van der Waals surface area contributed by atoms with Gasteiger partial charge in [0.1, 0.15) is 12.4 Å². The molecule has 0 radical (unpaired) electrons. The van der Waals surface area contributed by atoms with Crippen molar-refractivity contribution in [1.29, 1.82) is 0 Å². The van der Waals surface area contributed by atoms with Crippen LogP contribution >= 0.6 is 0 Å². The Balaban J connectivity index is 1.46. The van der Waals surface area contributed by atoms with Crippen molar-refractivity contribution in [2.75, 3.05) is 10.6 Å². The number of para-hydroxylation sites is 2. The lowest BCUT2D eigenvalue weighted by molar-refractivity contribution is -0.120. The summed E-state index contributed by atoms with van der Waals surface area (Å²) < 4.78 is 20.5. The smallest absolute Gasteiger partial charge is 0.408 e. The minimum absolute atomic E-state index is 0.0225. The fraction of sp³-hybridized carbons (Fsp3) is 0.318. The number of rotatable bonds is 5. The van der Waals surface area contributed by atoms with Crippen molar-refractivity contribution in [3.8, 4) is 0 Å². The third kappa shape index (κ3) is 4.27. The predicted molar refractivity (Wildman–Crippen MR) is 111 cm³/mol. The molecule has 0 aliphatic heterocycles. The lowest BCUT2D eigenvalue weighted by atomic mass is 9.88. The highest BCUT2D eigenvalue weighted by Crippen LogP contribution is 2.26. The lowest BCUT2D eigenvalue weighted by Gasteiger charge is -2.21. The Morgan fingerprint density at radius 3 is 2.63 bits per heavy atom. The number of carbonyl (C=O) groups is 2. The van der Waals surface area contributed by atoms with Crippen molar-refractivity contribution < 1.29 is 18.4 Å². The molecule has 1 heterocycles. The first-order valence-electron chi connectivity index (χ1n) is 10.00. The summed E-state index contributed by atoms with van der Waals surface area (Å²) in [4.78, 5) is 36.9. The second-order valence-corrected chi connectivity index (χ2v) is 7.49. The Kier molecular flexibility index (Phi) is 5.65. The SMILES string of the molecule is O=C(Cn1c(=O)oc2ccccc21)Nc1ccc(F)c(NC(=O)C2CCCCC2)c1. The topological polar surface area (TPSA) is 93.3 Å². The van der Waals surface area contributed by atoms with E-state index >= 15 is 0 Å². The molecular weight excluding hydrogens is 389 g/mol. The summed E-state index contributed by atoms with van der Waals surface area (Å²) in [5.74, 6) is -1.99. The molecule has 1 saturated carbocycles. The summed E-state index contributed by atoms with van der Waals surface area (Å²) in [6, 6.07) is 10.8. The molecule has 156 valence electrons. The summed E-state index contributed by atoms with van der Waals surface area (Å²) in [5, 5.41) is 5.27. The standard InChI is InChI=1S/C22H22FN3O4/c23-16-11-10-15(12-17(16)25-21(28)14-6-2-1-3-7-14)24-20(27)13-26-18-8-4-5-9-19(18)30-22(26)29/h4-5,8-12,14H,1-3,6-7,13H2,(H,24,27)(H,25,28). The maximum Gasteiger partial charge on any atom is 0.420 e. The molecule has 4 rings (SSSR count). The van der Waals surface area contributed by atoms with Crippen LogP contribution in [0.15, 0.2) is 51.7 Å². The number of oxazole rings is 1. The molecule has 0 spiro atoms. The highest BCUT2D eigenvalue weighted by molar-refractivity contribution is 5.95. The fourth-order valence-electron chi connectivity index (χ4n) is 3.81. The van der Waals surface area contributed by atoms with Gasteiger partial charge in [-0.05, 0) is 43.2 Å². The number of anilines is 2. The van der Waals surface area contributed by atoms with Gasteiger partial charge in [0.2, 0.25) is 11.8 Å². The van der Waals surface area contributed by atoms with Crippen molar-refractivity contribution in [2.45, 2.75) is 38.6 Å². The van der Waals surface area contributed by atoms with Crippen LogP contribution < -0.4 is 16.4 Å². The third-order valence-electron chi connectivity index (χ3n) is 5.36. The second kappa shape index (κ2) is 8.52. The van der Waals surface area contributed by atoms with Gasteiger partial charge in [0, 0.05) is 11.6 Å². The highest BCUT2D eigenvalue weighted by Gasteiger charge is 2.22. The molecule has 0 atom stereocenters. The minimum Gasteiger partial charge on any atom is -0.408 e. The summed E-state index contributed by atoms with van der Waals surface area (Å²) in [6.45, 7) is -0.253. The van der Waals surface area contributed by atoms with Crippen LogP contribution in [0.3, 0.4) is 0 Å². The average Bonchev–Trinajstić information content (AvgIpc) is 3.06. The fourth-order valence-corrected chi connectivity index (χ4v) is 3.81. The van der Waals surface area contributed by atoms with Crippen LogP contribution in [0.5, 0.6) is 0 Å². The predicted octanol–water partition coefficient (Wildman–Crippen LogP) is 3.89. The molecule has 7 nitrogen and oxygen atoms in total. The number of hydrogen-bond donors (Lipinski definition) is 2. The maximum absolute atomic E-state index is 14.2. The van der Waals surface area contributed by atoms with E-state index in [4.69, 9.17) is 4.42 Å². The van der Waals surface area contributed by atoms with Crippen LogP contribution in [0.4, 0.5) is 15.8 Å². The lowest BCUT2D eigenvalue weighted by Crippen LogP contribution is -2.26. The first kappa shape index (κ1) is 19.9. The van der Waals surface area contributed by atoms with E-state index in [0.717, 1.165) is 32.1 Å². The molecule has 2 amide bonds. The van der Waals surface area contributed by atoms with Gasteiger partial charge in [0.25, 0.3) is 0 Å². The zero-order chi connectivity index (χ0) is 21.1. The Hall–Kier alpha value is -3.42. The van der Waals surface area contributed by atoms with Gasteiger partial charge >= 0.3 is 5.76 Å².